The van der Waals surface area contributed by atoms with E-state index in [1.807, 2.05) is 40.7 Å². The molecule has 5 heteroatoms. The summed E-state index contributed by atoms with van der Waals surface area (Å²) in [5.41, 5.74) is 0.111. The number of phenols is 1. The van der Waals surface area contributed by atoms with E-state index in [2.05, 4.69) is 20.8 Å². The standard InChI is InChI=1S/C20H31NO4/c1-12-10-20(7,8)25-14-9-13(19(5,6)11-18(2,3)4)17(22)16(15(12)14)21(23)24/h9,12,22H,10-11H2,1-8H3. The number of ether oxygens (including phenoxy) is 1. The van der Waals surface area contributed by atoms with Gasteiger partial charge in [-0.2, -0.15) is 0 Å². The normalized spacial score (nSPS) is 19.9. The van der Waals surface area contributed by atoms with Crippen molar-refractivity contribution in [2.24, 2.45) is 5.41 Å². The van der Waals surface area contributed by atoms with Crippen LogP contribution >= 0.6 is 0 Å². The zero-order chi connectivity index (χ0) is 19.4. The molecule has 0 saturated heterocycles. The molecular weight excluding hydrogens is 318 g/mol. The van der Waals surface area contributed by atoms with Gasteiger partial charge in [0.05, 0.1) is 10.5 Å². The fourth-order valence-corrected chi connectivity index (χ4v) is 4.51. The van der Waals surface area contributed by atoms with Crippen molar-refractivity contribution in [2.75, 3.05) is 0 Å². The number of hydrogen-bond acceptors (Lipinski definition) is 4. The molecule has 1 unspecified atom stereocenters. The van der Waals surface area contributed by atoms with E-state index in [-0.39, 0.29) is 28.4 Å². The first-order valence-corrected chi connectivity index (χ1v) is 8.88. The number of nitrogens with zero attached hydrogens (tertiary/aromatic N) is 1. The summed E-state index contributed by atoms with van der Waals surface area (Å²) in [4.78, 5) is 11.3. The Kier molecular flexibility index (Phi) is 4.60. The van der Waals surface area contributed by atoms with Crippen LogP contribution in [0.25, 0.3) is 0 Å². The average molecular weight is 349 g/mol. The van der Waals surface area contributed by atoms with Crippen LogP contribution in [-0.4, -0.2) is 15.6 Å². The summed E-state index contributed by atoms with van der Waals surface area (Å²) in [6, 6.07) is 1.82. The van der Waals surface area contributed by atoms with Crippen LogP contribution in [0.3, 0.4) is 0 Å². The Morgan fingerprint density at radius 3 is 2.36 bits per heavy atom. The number of nitro benzene ring substituents is 1. The fraction of sp³-hybridized carbons (Fsp3) is 0.700. The van der Waals surface area contributed by atoms with Gasteiger partial charge in [0.15, 0.2) is 5.75 Å². The Labute approximate surface area is 150 Å². The van der Waals surface area contributed by atoms with Crippen molar-refractivity contribution in [3.8, 4) is 11.5 Å². The van der Waals surface area contributed by atoms with Gasteiger partial charge in [-0.3, -0.25) is 10.1 Å². The lowest BCUT2D eigenvalue weighted by Crippen LogP contribution is -2.35. The number of fused-ring (bicyclic) bond motifs is 1. The minimum Gasteiger partial charge on any atom is -0.502 e. The van der Waals surface area contributed by atoms with E-state index < -0.39 is 10.3 Å². The third-order valence-electron chi connectivity index (χ3n) is 4.84. The minimum absolute atomic E-state index is 0.0219. The summed E-state index contributed by atoms with van der Waals surface area (Å²) in [5, 5.41) is 22.6. The molecule has 1 heterocycles. The van der Waals surface area contributed by atoms with Gasteiger partial charge in [-0.1, -0.05) is 41.5 Å². The lowest BCUT2D eigenvalue weighted by Gasteiger charge is -2.38. The van der Waals surface area contributed by atoms with Crippen molar-refractivity contribution >= 4 is 5.69 Å². The molecule has 1 aromatic rings. The maximum absolute atomic E-state index is 11.8. The molecule has 2 rings (SSSR count). The summed E-state index contributed by atoms with van der Waals surface area (Å²) in [6.45, 7) is 16.3. The van der Waals surface area contributed by atoms with E-state index in [9.17, 15) is 15.2 Å². The van der Waals surface area contributed by atoms with Crippen molar-refractivity contribution in [2.45, 2.75) is 85.2 Å². The predicted molar refractivity (Wildman–Crippen MR) is 99.6 cm³/mol. The third kappa shape index (κ3) is 3.91. The number of aromatic hydroxyl groups is 1. The smallest absolute Gasteiger partial charge is 0.318 e. The Morgan fingerprint density at radius 2 is 1.88 bits per heavy atom. The zero-order valence-corrected chi connectivity index (χ0v) is 16.7. The fourth-order valence-electron chi connectivity index (χ4n) is 4.51. The molecule has 1 N–H and O–H groups in total. The second-order valence-electron chi connectivity index (χ2n) is 9.88. The molecule has 0 aliphatic carbocycles. The highest BCUT2D eigenvalue weighted by atomic mass is 16.6. The largest absolute Gasteiger partial charge is 0.502 e. The molecule has 0 bridgehead atoms. The molecule has 25 heavy (non-hydrogen) atoms. The number of rotatable bonds is 3. The number of benzene rings is 1. The summed E-state index contributed by atoms with van der Waals surface area (Å²) < 4.78 is 6.09. The lowest BCUT2D eigenvalue weighted by molar-refractivity contribution is -0.387. The summed E-state index contributed by atoms with van der Waals surface area (Å²) in [6.07, 6.45) is 1.45. The molecule has 0 radical (unpaired) electrons. The summed E-state index contributed by atoms with van der Waals surface area (Å²) in [5.74, 6) is 0.267. The lowest BCUT2D eigenvalue weighted by atomic mass is 9.71. The van der Waals surface area contributed by atoms with E-state index >= 15 is 0 Å². The summed E-state index contributed by atoms with van der Waals surface area (Å²) in [7, 11) is 0. The van der Waals surface area contributed by atoms with Crippen LogP contribution in [0.15, 0.2) is 6.07 Å². The van der Waals surface area contributed by atoms with Crippen molar-refractivity contribution < 1.29 is 14.8 Å². The molecule has 0 saturated carbocycles. The molecule has 140 valence electrons. The van der Waals surface area contributed by atoms with Crippen LogP contribution < -0.4 is 4.74 Å². The zero-order valence-electron chi connectivity index (χ0n) is 16.7. The average Bonchev–Trinajstić information content (AvgIpc) is 2.34. The quantitative estimate of drug-likeness (QED) is 0.563. The van der Waals surface area contributed by atoms with E-state index in [0.29, 0.717) is 23.3 Å². The van der Waals surface area contributed by atoms with Gasteiger partial charge in [0, 0.05) is 5.56 Å². The van der Waals surface area contributed by atoms with E-state index in [4.69, 9.17) is 4.74 Å². The molecule has 0 amide bonds. The predicted octanol–water partition coefficient (Wildman–Crippen LogP) is 5.68. The van der Waals surface area contributed by atoms with Crippen molar-refractivity contribution in [3.63, 3.8) is 0 Å². The van der Waals surface area contributed by atoms with Crippen LogP contribution in [-0.2, 0) is 5.41 Å². The Morgan fingerprint density at radius 1 is 1.32 bits per heavy atom. The highest BCUT2D eigenvalue weighted by Gasteiger charge is 2.42. The van der Waals surface area contributed by atoms with Crippen molar-refractivity contribution in [1.29, 1.82) is 0 Å². The third-order valence-corrected chi connectivity index (χ3v) is 4.84. The van der Waals surface area contributed by atoms with Gasteiger partial charge in [-0.15, -0.1) is 0 Å². The molecule has 1 atom stereocenters. The maximum Gasteiger partial charge on any atom is 0.318 e. The second kappa shape index (κ2) is 5.89. The van der Waals surface area contributed by atoms with E-state index in [0.717, 1.165) is 6.42 Å². The minimum atomic E-state index is -0.469. The molecule has 0 aromatic heterocycles. The maximum atomic E-state index is 11.8. The van der Waals surface area contributed by atoms with Crippen molar-refractivity contribution in [3.05, 3.63) is 27.3 Å². The molecular formula is C20H31NO4. The molecule has 1 aliphatic heterocycles. The van der Waals surface area contributed by atoms with Crippen LogP contribution in [0, 0.1) is 15.5 Å². The molecule has 0 spiro atoms. The van der Waals surface area contributed by atoms with Gasteiger partial charge in [-0.25, -0.2) is 0 Å². The van der Waals surface area contributed by atoms with Gasteiger partial charge in [0.2, 0.25) is 0 Å². The number of nitro groups is 1. The second-order valence-corrected chi connectivity index (χ2v) is 9.88. The molecule has 1 aliphatic rings. The molecule has 1 aromatic carbocycles. The van der Waals surface area contributed by atoms with Gasteiger partial charge < -0.3 is 9.84 Å². The number of hydrogen-bond donors (Lipinski definition) is 1. The van der Waals surface area contributed by atoms with Crippen LogP contribution in [0.1, 0.15) is 85.3 Å². The SMILES string of the molecule is CC1CC(C)(C)Oc2cc(C(C)(C)CC(C)(C)C)c(O)c([N+](=O)[O-])c21. The monoisotopic (exact) mass is 349 g/mol. The van der Waals surface area contributed by atoms with E-state index in [1.54, 1.807) is 0 Å². The van der Waals surface area contributed by atoms with Crippen LogP contribution in [0.4, 0.5) is 5.69 Å². The van der Waals surface area contributed by atoms with Crippen LogP contribution in [0.2, 0.25) is 0 Å². The molecule has 5 nitrogen and oxygen atoms in total. The van der Waals surface area contributed by atoms with E-state index in [1.165, 1.54) is 0 Å². The Hall–Kier alpha value is -1.78. The van der Waals surface area contributed by atoms with Gasteiger partial charge in [0.1, 0.15) is 11.4 Å². The molecule has 0 fully saturated rings. The van der Waals surface area contributed by atoms with Gasteiger partial charge in [-0.05, 0) is 49.5 Å². The van der Waals surface area contributed by atoms with Crippen LogP contribution in [0.5, 0.6) is 11.5 Å². The van der Waals surface area contributed by atoms with Crippen molar-refractivity contribution in [1.82, 2.24) is 0 Å². The first kappa shape index (κ1) is 19.5. The number of phenolic OH excluding ortho intramolecular Hbond substituents is 1. The topological polar surface area (TPSA) is 72.6 Å². The van der Waals surface area contributed by atoms with Gasteiger partial charge in [0.25, 0.3) is 0 Å². The summed E-state index contributed by atoms with van der Waals surface area (Å²) >= 11 is 0. The Bertz CT molecular complexity index is 699. The first-order valence-electron chi connectivity index (χ1n) is 8.88. The Balaban J connectivity index is 2.73. The highest BCUT2D eigenvalue weighted by Crippen LogP contribution is 2.53. The van der Waals surface area contributed by atoms with Gasteiger partial charge >= 0.3 is 5.69 Å². The first-order chi connectivity index (χ1) is 11.1. The highest BCUT2D eigenvalue weighted by molar-refractivity contribution is 5.65.